The van der Waals surface area contributed by atoms with Crippen LogP contribution < -0.4 is 9.47 Å². The van der Waals surface area contributed by atoms with Crippen LogP contribution in [0.5, 0.6) is 17.2 Å². The summed E-state index contributed by atoms with van der Waals surface area (Å²) in [4.78, 5) is 17.7. The van der Waals surface area contributed by atoms with E-state index >= 15 is 0 Å². The summed E-state index contributed by atoms with van der Waals surface area (Å²) in [5, 5.41) is 10.6. The lowest BCUT2D eigenvalue weighted by molar-refractivity contribution is -0.133. The second-order valence-electron chi connectivity index (χ2n) is 7.32. The molecule has 3 rings (SSSR count). The zero-order valence-corrected chi connectivity index (χ0v) is 18.1. The average Bonchev–Trinajstić information content (AvgIpc) is 3.11. The second-order valence-corrected chi connectivity index (χ2v) is 8.70. The number of ether oxygens (including phenoxy) is 2. The Morgan fingerprint density at radius 1 is 1.14 bits per heavy atom. The van der Waals surface area contributed by atoms with Crippen molar-refractivity contribution in [3.8, 4) is 17.2 Å². The summed E-state index contributed by atoms with van der Waals surface area (Å²) in [6.45, 7) is 1.28. The van der Waals surface area contributed by atoms with Crippen LogP contribution in [-0.2, 0) is 11.3 Å². The molecule has 2 aromatic carbocycles. The molecule has 1 heterocycles. The molecule has 1 aliphatic heterocycles. The standard InChI is InChI=1S/C22H28N2O4S/c1-23(2)22(26)20-12-19(29-18-9-7-16(27-3)8-10-18)14-24(20)13-15-5-6-17(28-4)11-21(15)25/h5-11,19-20,25H,12-14H2,1-4H3/t19-,20+/m1/s1. The number of methoxy groups -OCH3 is 2. The lowest BCUT2D eigenvalue weighted by Crippen LogP contribution is -2.42. The molecule has 1 N–H and O–H groups in total. The van der Waals surface area contributed by atoms with E-state index in [1.165, 1.54) is 0 Å². The zero-order valence-electron chi connectivity index (χ0n) is 17.3. The number of rotatable bonds is 7. The van der Waals surface area contributed by atoms with Crippen LogP contribution in [0.25, 0.3) is 0 Å². The number of carbonyl (C=O) groups excluding carboxylic acids is 1. The first kappa shape index (κ1) is 21.3. The number of carbonyl (C=O) groups is 1. The summed E-state index contributed by atoms with van der Waals surface area (Å²) in [6.07, 6.45) is 0.768. The molecular weight excluding hydrogens is 388 g/mol. The van der Waals surface area contributed by atoms with Crippen molar-refractivity contribution in [1.29, 1.82) is 0 Å². The predicted octanol–water partition coefficient (Wildman–Crippen LogP) is 3.23. The van der Waals surface area contributed by atoms with Crippen molar-refractivity contribution in [3.63, 3.8) is 0 Å². The number of likely N-dealkylation sites (tertiary alicyclic amines) is 1. The number of hydrogen-bond donors (Lipinski definition) is 1. The maximum atomic E-state index is 12.8. The number of likely N-dealkylation sites (N-methyl/N-ethyl adjacent to an activating group) is 1. The molecule has 2 aromatic rings. The second kappa shape index (κ2) is 9.41. The first-order valence-electron chi connectivity index (χ1n) is 9.53. The molecule has 0 aromatic heterocycles. The fourth-order valence-corrected chi connectivity index (χ4v) is 4.77. The Balaban J connectivity index is 1.75. The van der Waals surface area contributed by atoms with E-state index in [9.17, 15) is 9.90 Å². The molecular formula is C22H28N2O4S. The van der Waals surface area contributed by atoms with Crippen molar-refractivity contribution in [1.82, 2.24) is 9.80 Å². The Labute approximate surface area is 176 Å². The molecule has 7 heteroatoms. The fraction of sp³-hybridized carbons (Fsp3) is 0.409. The van der Waals surface area contributed by atoms with Gasteiger partial charge in [0, 0.05) is 49.0 Å². The normalized spacial score (nSPS) is 19.2. The van der Waals surface area contributed by atoms with Crippen LogP contribution in [0.1, 0.15) is 12.0 Å². The molecule has 0 aliphatic carbocycles. The third-order valence-electron chi connectivity index (χ3n) is 5.12. The summed E-state index contributed by atoms with van der Waals surface area (Å²) in [6, 6.07) is 13.1. The van der Waals surface area contributed by atoms with Crippen molar-refractivity contribution >= 4 is 17.7 Å². The van der Waals surface area contributed by atoms with E-state index in [0.29, 0.717) is 12.3 Å². The minimum Gasteiger partial charge on any atom is -0.507 e. The van der Waals surface area contributed by atoms with E-state index in [-0.39, 0.29) is 22.9 Å². The molecule has 6 nitrogen and oxygen atoms in total. The van der Waals surface area contributed by atoms with Crippen LogP contribution in [0.4, 0.5) is 0 Å². The Morgan fingerprint density at radius 2 is 1.79 bits per heavy atom. The fourth-order valence-electron chi connectivity index (χ4n) is 3.55. The Bertz CT molecular complexity index is 841. The molecule has 1 amide bonds. The lowest BCUT2D eigenvalue weighted by Gasteiger charge is -2.26. The number of amides is 1. The number of nitrogens with zero attached hydrogens (tertiary/aromatic N) is 2. The molecule has 2 atom stereocenters. The van der Waals surface area contributed by atoms with E-state index in [0.717, 1.165) is 29.2 Å². The Morgan fingerprint density at radius 3 is 2.38 bits per heavy atom. The van der Waals surface area contributed by atoms with Crippen LogP contribution in [0.3, 0.4) is 0 Å². The van der Waals surface area contributed by atoms with Gasteiger partial charge in [0.15, 0.2) is 0 Å². The Kier molecular flexibility index (Phi) is 6.92. The van der Waals surface area contributed by atoms with E-state index in [1.54, 1.807) is 51.0 Å². The van der Waals surface area contributed by atoms with Gasteiger partial charge in [-0.2, -0.15) is 0 Å². The molecule has 29 heavy (non-hydrogen) atoms. The van der Waals surface area contributed by atoms with E-state index in [1.807, 2.05) is 36.4 Å². The van der Waals surface area contributed by atoms with Crippen LogP contribution in [0, 0.1) is 0 Å². The number of benzene rings is 2. The highest BCUT2D eigenvalue weighted by molar-refractivity contribution is 8.00. The first-order valence-corrected chi connectivity index (χ1v) is 10.4. The van der Waals surface area contributed by atoms with Gasteiger partial charge in [0.2, 0.25) is 5.91 Å². The maximum absolute atomic E-state index is 12.8. The summed E-state index contributed by atoms with van der Waals surface area (Å²) < 4.78 is 10.4. The first-order chi connectivity index (χ1) is 13.9. The minimum atomic E-state index is -0.206. The highest BCUT2D eigenvalue weighted by Crippen LogP contribution is 2.36. The van der Waals surface area contributed by atoms with Crippen LogP contribution in [0.15, 0.2) is 47.4 Å². The minimum absolute atomic E-state index is 0.0934. The van der Waals surface area contributed by atoms with Crippen LogP contribution >= 0.6 is 11.8 Å². The van der Waals surface area contributed by atoms with Gasteiger partial charge in [-0.25, -0.2) is 0 Å². The van der Waals surface area contributed by atoms with Gasteiger partial charge in [0.25, 0.3) is 0 Å². The van der Waals surface area contributed by atoms with E-state index in [4.69, 9.17) is 9.47 Å². The van der Waals surface area contributed by atoms with Crippen molar-refractivity contribution in [2.45, 2.75) is 29.2 Å². The number of hydrogen-bond acceptors (Lipinski definition) is 6. The van der Waals surface area contributed by atoms with Gasteiger partial charge >= 0.3 is 0 Å². The largest absolute Gasteiger partial charge is 0.507 e. The third kappa shape index (κ3) is 5.16. The molecule has 1 aliphatic rings. The molecule has 156 valence electrons. The number of aromatic hydroxyl groups is 1. The SMILES string of the molecule is COc1ccc(S[C@@H]2C[C@@H](C(=O)N(C)C)N(Cc3ccc(OC)cc3O)C2)cc1. The van der Waals surface area contributed by atoms with Gasteiger partial charge in [-0.05, 0) is 36.8 Å². The van der Waals surface area contributed by atoms with Crippen LogP contribution in [0.2, 0.25) is 0 Å². The van der Waals surface area contributed by atoms with E-state index in [2.05, 4.69) is 4.90 Å². The third-order valence-corrected chi connectivity index (χ3v) is 6.34. The van der Waals surface area contributed by atoms with Gasteiger partial charge in [0.05, 0.1) is 20.3 Å². The Hall–Kier alpha value is -2.38. The number of phenolic OH excluding ortho intramolecular Hbond substituents is 1. The van der Waals surface area contributed by atoms with Gasteiger partial charge in [0.1, 0.15) is 17.2 Å². The van der Waals surface area contributed by atoms with Gasteiger partial charge in [-0.1, -0.05) is 6.07 Å². The molecule has 0 spiro atoms. The molecule has 0 unspecified atom stereocenters. The zero-order chi connectivity index (χ0) is 21.0. The topological polar surface area (TPSA) is 62.2 Å². The summed E-state index contributed by atoms with van der Waals surface area (Å²) >= 11 is 1.78. The smallest absolute Gasteiger partial charge is 0.239 e. The molecule has 1 saturated heterocycles. The molecule has 0 saturated carbocycles. The van der Waals surface area contributed by atoms with Crippen LogP contribution in [-0.4, -0.2) is 67.0 Å². The highest BCUT2D eigenvalue weighted by Gasteiger charge is 2.38. The predicted molar refractivity (Wildman–Crippen MR) is 115 cm³/mol. The molecule has 1 fully saturated rings. The quantitative estimate of drug-likeness (QED) is 0.748. The molecule has 0 radical (unpaired) electrons. The van der Waals surface area contributed by atoms with Gasteiger partial charge < -0.3 is 19.5 Å². The maximum Gasteiger partial charge on any atom is 0.239 e. The monoisotopic (exact) mass is 416 g/mol. The van der Waals surface area contributed by atoms with Crippen molar-refractivity contribution in [3.05, 3.63) is 48.0 Å². The molecule has 0 bridgehead atoms. The van der Waals surface area contributed by atoms with Gasteiger partial charge in [-0.3, -0.25) is 9.69 Å². The van der Waals surface area contributed by atoms with Gasteiger partial charge in [-0.15, -0.1) is 11.8 Å². The van der Waals surface area contributed by atoms with E-state index < -0.39 is 0 Å². The van der Waals surface area contributed by atoms with Crippen molar-refractivity contribution in [2.75, 3.05) is 34.9 Å². The average molecular weight is 417 g/mol. The van der Waals surface area contributed by atoms with Crippen molar-refractivity contribution in [2.24, 2.45) is 0 Å². The number of phenols is 1. The lowest BCUT2D eigenvalue weighted by atomic mass is 10.1. The van der Waals surface area contributed by atoms with Crippen molar-refractivity contribution < 1.29 is 19.4 Å². The summed E-state index contributed by atoms with van der Waals surface area (Å²) in [5.74, 6) is 1.72. The highest BCUT2D eigenvalue weighted by atomic mass is 32.2. The summed E-state index contributed by atoms with van der Waals surface area (Å²) in [5.41, 5.74) is 0.789. The number of thioether (sulfide) groups is 1. The summed E-state index contributed by atoms with van der Waals surface area (Å²) in [7, 11) is 6.80.